The van der Waals surface area contributed by atoms with E-state index in [9.17, 15) is 13.2 Å². The Balaban J connectivity index is 2.35. The first-order valence-electron chi connectivity index (χ1n) is 6.58. The summed E-state index contributed by atoms with van der Waals surface area (Å²) in [5, 5.41) is 16.8. The normalized spacial score (nSPS) is 13.4. The van der Waals surface area contributed by atoms with Gasteiger partial charge in [-0.25, -0.2) is 17.9 Å². The zero-order valence-electron chi connectivity index (χ0n) is 12.5. The molecular weight excluding hydrogens is 364 g/mol. The van der Waals surface area contributed by atoms with Crippen LogP contribution in [-0.4, -0.2) is 34.3 Å². The highest BCUT2D eigenvalue weighted by Gasteiger charge is 2.28. The van der Waals surface area contributed by atoms with Crippen LogP contribution in [0.5, 0.6) is 0 Å². The van der Waals surface area contributed by atoms with Crippen LogP contribution in [0.25, 0.3) is 0 Å². The summed E-state index contributed by atoms with van der Waals surface area (Å²) >= 11 is 6.45. The average Bonchev–Trinajstić information content (AvgIpc) is 3.04. The summed E-state index contributed by atoms with van der Waals surface area (Å²) in [4.78, 5) is 10.5. The van der Waals surface area contributed by atoms with Crippen LogP contribution in [0, 0.1) is 0 Å². The van der Waals surface area contributed by atoms with Gasteiger partial charge >= 0.3 is 5.97 Å². The quantitative estimate of drug-likeness (QED) is 0.797. The summed E-state index contributed by atoms with van der Waals surface area (Å²) in [6.45, 7) is 5.43. The lowest BCUT2D eigenvalue weighted by Crippen LogP contribution is -2.29. The zero-order valence-corrected chi connectivity index (χ0v) is 14.9. The van der Waals surface area contributed by atoms with Gasteiger partial charge < -0.3 is 9.67 Å². The van der Waals surface area contributed by atoms with E-state index in [4.69, 9.17) is 16.7 Å². The summed E-state index contributed by atoms with van der Waals surface area (Å²) in [6, 6.07) is 0.486. The SMILES string of the molecule is CC(C)n1cnnc1[C@@H](C)NS(=O)(=O)c1cc(Cl)sc1C(=O)O. The van der Waals surface area contributed by atoms with Gasteiger partial charge in [-0.3, -0.25) is 0 Å². The highest BCUT2D eigenvalue weighted by molar-refractivity contribution is 7.89. The lowest BCUT2D eigenvalue weighted by atomic mass is 10.3. The number of hydrogen-bond acceptors (Lipinski definition) is 6. The number of rotatable bonds is 6. The fourth-order valence-electron chi connectivity index (χ4n) is 2.00. The lowest BCUT2D eigenvalue weighted by molar-refractivity contribution is 0.0698. The number of aromatic carboxylic acids is 1. The molecule has 0 radical (unpaired) electrons. The molecule has 2 aromatic rings. The topological polar surface area (TPSA) is 114 Å². The van der Waals surface area contributed by atoms with Gasteiger partial charge in [0.25, 0.3) is 0 Å². The number of hydrogen-bond donors (Lipinski definition) is 2. The zero-order chi connectivity index (χ0) is 17.4. The Morgan fingerprint density at radius 2 is 2.09 bits per heavy atom. The maximum Gasteiger partial charge on any atom is 0.347 e. The molecule has 2 rings (SSSR count). The van der Waals surface area contributed by atoms with Gasteiger partial charge in [0.2, 0.25) is 10.0 Å². The second-order valence-corrected chi connectivity index (χ2v) is 8.45. The molecule has 11 heteroatoms. The minimum absolute atomic E-state index is 0.0529. The van der Waals surface area contributed by atoms with Gasteiger partial charge in [0.1, 0.15) is 16.1 Å². The van der Waals surface area contributed by atoms with E-state index in [1.807, 2.05) is 13.8 Å². The van der Waals surface area contributed by atoms with E-state index < -0.39 is 22.0 Å². The summed E-state index contributed by atoms with van der Waals surface area (Å²) < 4.78 is 29.2. The predicted octanol–water partition coefficient (Wildman–Crippen LogP) is 2.31. The van der Waals surface area contributed by atoms with Gasteiger partial charge in [-0.15, -0.1) is 21.5 Å². The van der Waals surface area contributed by atoms with Crippen molar-refractivity contribution in [3.05, 3.63) is 27.4 Å². The fourth-order valence-corrected chi connectivity index (χ4v) is 4.86. The van der Waals surface area contributed by atoms with E-state index in [1.165, 1.54) is 6.33 Å². The molecule has 0 aliphatic heterocycles. The lowest BCUT2D eigenvalue weighted by Gasteiger charge is -2.16. The van der Waals surface area contributed by atoms with E-state index in [1.54, 1.807) is 11.5 Å². The van der Waals surface area contributed by atoms with Crippen molar-refractivity contribution in [1.82, 2.24) is 19.5 Å². The summed E-state index contributed by atoms with van der Waals surface area (Å²) in [7, 11) is -4.07. The number of nitrogens with zero attached hydrogens (tertiary/aromatic N) is 3. The Hall–Kier alpha value is -1.49. The number of carboxylic acid groups (broad SMARTS) is 1. The van der Waals surface area contributed by atoms with Crippen molar-refractivity contribution >= 4 is 38.9 Å². The van der Waals surface area contributed by atoms with Gasteiger partial charge in [-0.2, -0.15) is 0 Å². The first-order valence-corrected chi connectivity index (χ1v) is 9.25. The predicted molar refractivity (Wildman–Crippen MR) is 85.4 cm³/mol. The summed E-state index contributed by atoms with van der Waals surface area (Å²) in [5.74, 6) is -0.915. The molecule has 0 saturated heterocycles. The molecule has 0 saturated carbocycles. The molecular formula is C12H15ClN4O4S2. The van der Waals surface area contributed by atoms with E-state index in [0.717, 1.165) is 6.07 Å². The van der Waals surface area contributed by atoms with Crippen molar-refractivity contribution in [3.8, 4) is 0 Å². The molecule has 0 aromatic carbocycles. The number of thiophene rings is 1. The third-order valence-electron chi connectivity index (χ3n) is 3.03. The van der Waals surface area contributed by atoms with Crippen LogP contribution in [-0.2, 0) is 10.0 Å². The Kier molecular flexibility index (Phi) is 5.09. The number of carbonyl (C=O) groups is 1. The Morgan fingerprint density at radius 3 is 2.65 bits per heavy atom. The van der Waals surface area contributed by atoms with E-state index >= 15 is 0 Å². The molecule has 1 atom stereocenters. The minimum Gasteiger partial charge on any atom is -0.477 e. The second-order valence-electron chi connectivity index (χ2n) is 5.08. The van der Waals surface area contributed by atoms with Crippen LogP contribution in [0.3, 0.4) is 0 Å². The van der Waals surface area contributed by atoms with Crippen molar-refractivity contribution in [1.29, 1.82) is 0 Å². The van der Waals surface area contributed by atoms with Crippen LogP contribution in [0.1, 0.15) is 48.4 Å². The number of sulfonamides is 1. The molecule has 2 N–H and O–H groups in total. The van der Waals surface area contributed by atoms with Crippen molar-refractivity contribution in [3.63, 3.8) is 0 Å². The van der Waals surface area contributed by atoms with Gasteiger partial charge in [-0.1, -0.05) is 11.6 Å². The Bertz CT molecular complexity index is 828. The van der Waals surface area contributed by atoms with E-state index in [0.29, 0.717) is 17.2 Å². The highest BCUT2D eigenvalue weighted by Crippen LogP contribution is 2.31. The van der Waals surface area contributed by atoms with Crippen LogP contribution < -0.4 is 4.72 Å². The molecule has 0 aliphatic carbocycles. The summed E-state index contributed by atoms with van der Waals surface area (Å²) in [5.41, 5.74) is 0. The fraction of sp³-hybridized carbons (Fsp3) is 0.417. The Morgan fingerprint density at radius 1 is 1.43 bits per heavy atom. The second kappa shape index (κ2) is 6.56. The monoisotopic (exact) mass is 378 g/mol. The van der Waals surface area contributed by atoms with Crippen LogP contribution >= 0.6 is 22.9 Å². The van der Waals surface area contributed by atoms with Gasteiger partial charge in [-0.05, 0) is 26.8 Å². The van der Waals surface area contributed by atoms with Crippen molar-refractivity contribution < 1.29 is 18.3 Å². The Labute approximate surface area is 142 Å². The summed E-state index contributed by atoms with van der Waals surface area (Å²) in [6.07, 6.45) is 1.51. The third-order valence-corrected chi connectivity index (χ3v) is 5.97. The molecule has 0 aliphatic rings. The van der Waals surface area contributed by atoms with Gasteiger partial charge in [0.15, 0.2) is 5.82 Å². The number of aromatic nitrogens is 3. The van der Waals surface area contributed by atoms with Gasteiger partial charge in [0, 0.05) is 6.04 Å². The molecule has 0 amide bonds. The minimum atomic E-state index is -4.07. The molecule has 0 spiro atoms. The highest BCUT2D eigenvalue weighted by atomic mass is 35.5. The van der Waals surface area contributed by atoms with Crippen LogP contribution in [0.2, 0.25) is 4.34 Å². The number of nitrogens with one attached hydrogen (secondary N) is 1. The van der Waals surface area contributed by atoms with Crippen molar-refractivity contribution in [2.24, 2.45) is 0 Å². The number of carboxylic acids is 1. The molecule has 0 unspecified atom stereocenters. The van der Waals surface area contributed by atoms with Crippen molar-refractivity contribution in [2.45, 2.75) is 37.8 Å². The van der Waals surface area contributed by atoms with E-state index in [2.05, 4.69) is 14.9 Å². The molecule has 0 bridgehead atoms. The molecule has 8 nitrogen and oxygen atoms in total. The average molecular weight is 379 g/mol. The van der Waals surface area contributed by atoms with Crippen LogP contribution in [0.4, 0.5) is 0 Å². The van der Waals surface area contributed by atoms with Gasteiger partial charge in [0.05, 0.1) is 10.4 Å². The molecule has 2 aromatic heterocycles. The largest absolute Gasteiger partial charge is 0.477 e. The smallest absolute Gasteiger partial charge is 0.347 e. The third kappa shape index (κ3) is 3.71. The maximum atomic E-state index is 12.5. The van der Waals surface area contributed by atoms with Crippen molar-refractivity contribution in [2.75, 3.05) is 0 Å². The molecule has 2 heterocycles. The first kappa shape index (κ1) is 17.9. The van der Waals surface area contributed by atoms with Crippen LogP contribution in [0.15, 0.2) is 17.3 Å². The van der Waals surface area contributed by atoms with E-state index in [-0.39, 0.29) is 20.2 Å². The molecule has 126 valence electrons. The maximum absolute atomic E-state index is 12.5. The molecule has 23 heavy (non-hydrogen) atoms. The first-order chi connectivity index (χ1) is 10.6. The number of halogens is 1. The standard InChI is InChI=1S/C12H15ClN4O4S2/c1-6(2)17-5-14-15-11(17)7(3)16-23(20,21)8-4-9(13)22-10(8)12(18)19/h4-7,16H,1-3H3,(H,18,19)/t7-/m1/s1. The molecule has 0 fully saturated rings.